The van der Waals surface area contributed by atoms with Gasteiger partial charge in [0, 0.05) is 18.9 Å². The highest BCUT2D eigenvalue weighted by atomic mass is 16.6. The van der Waals surface area contributed by atoms with Gasteiger partial charge in [-0.3, -0.25) is 0 Å². The Hall–Kier alpha value is -0.870. The lowest BCUT2D eigenvalue weighted by atomic mass is 10.00. The molecule has 0 amide bonds. The van der Waals surface area contributed by atoms with Crippen LogP contribution < -0.4 is 0 Å². The molecule has 1 aliphatic rings. The highest BCUT2D eigenvalue weighted by Gasteiger charge is 2.29. The monoisotopic (exact) mass is 197 g/mol. The van der Waals surface area contributed by atoms with Crippen LogP contribution in [0.5, 0.6) is 0 Å². The van der Waals surface area contributed by atoms with Gasteiger partial charge in [0.25, 0.3) is 0 Å². The molecule has 2 heterocycles. The molecule has 1 aliphatic heterocycles. The molecule has 4 nitrogen and oxygen atoms in total. The molecule has 2 rings (SSSR count). The second-order valence-electron chi connectivity index (χ2n) is 3.74. The SMILES string of the molecule is OC1(CCc2ccon2)CCCCO1. The van der Waals surface area contributed by atoms with Crippen LogP contribution in [0.15, 0.2) is 16.9 Å². The highest BCUT2D eigenvalue weighted by Crippen LogP contribution is 2.26. The summed E-state index contributed by atoms with van der Waals surface area (Å²) in [5.74, 6) is -0.933. The van der Waals surface area contributed by atoms with Crippen molar-refractivity contribution in [1.29, 1.82) is 0 Å². The molecule has 1 N–H and O–H groups in total. The number of aromatic nitrogens is 1. The Labute approximate surface area is 82.9 Å². The van der Waals surface area contributed by atoms with E-state index in [1.165, 1.54) is 0 Å². The summed E-state index contributed by atoms with van der Waals surface area (Å²) in [6.45, 7) is 0.662. The minimum Gasteiger partial charge on any atom is -0.365 e. The summed E-state index contributed by atoms with van der Waals surface area (Å²) in [4.78, 5) is 0. The van der Waals surface area contributed by atoms with Crippen LogP contribution in [0.3, 0.4) is 0 Å². The number of rotatable bonds is 3. The Morgan fingerprint density at radius 2 is 2.43 bits per heavy atom. The van der Waals surface area contributed by atoms with Gasteiger partial charge in [0.15, 0.2) is 5.79 Å². The maximum atomic E-state index is 9.99. The van der Waals surface area contributed by atoms with Gasteiger partial charge < -0.3 is 14.4 Å². The average molecular weight is 197 g/mol. The van der Waals surface area contributed by atoms with E-state index in [0.717, 1.165) is 25.0 Å². The first-order valence-electron chi connectivity index (χ1n) is 5.04. The molecular formula is C10H15NO3. The van der Waals surface area contributed by atoms with E-state index in [9.17, 15) is 5.11 Å². The van der Waals surface area contributed by atoms with Crippen molar-refractivity contribution < 1.29 is 14.4 Å². The van der Waals surface area contributed by atoms with E-state index in [1.807, 2.05) is 6.07 Å². The van der Waals surface area contributed by atoms with Crippen LogP contribution in [0.2, 0.25) is 0 Å². The molecule has 1 aromatic rings. The fraction of sp³-hybridized carbons (Fsp3) is 0.700. The Kier molecular flexibility index (Phi) is 2.84. The van der Waals surface area contributed by atoms with E-state index in [1.54, 1.807) is 6.26 Å². The first kappa shape index (κ1) is 9.68. The maximum Gasteiger partial charge on any atom is 0.165 e. The molecule has 14 heavy (non-hydrogen) atoms. The number of aliphatic hydroxyl groups is 1. The molecule has 1 atom stereocenters. The molecule has 1 unspecified atom stereocenters. The summed E-state index contributed by atoms with van der Waals surface area (Å²) in [7, 11) is 0. The van der Waals surface area contributed by atoms with Crippen LogP contribution >= 0.6 is 0 Å². The lowest BCUT2D eigenvalue weighted by molar-refractivity contribution is -0.227. The summed E-state index contributed by atoms with van der Waals surface area (Å²) in [5.41, 5.74) is 0.868. The lowest BCUT2D eigenvalue weighted by Gasteiger charge is -2.31. The zero-order chi connectivity index (χ0) is 9.86. The van der Waals surface area contributed by atoms with Crippen LogP contribution in [-0.4, -0.2) is 22.7 Å². The molecule has 1 aromatic heterocycles. The summed E-state index contributed by atoms with van der Waals surface area (Å²) < 4.78 is 10.1. The van der Waals surface area contributed by atoms with Gasteiger partial charge in [0.1, 0.15) is 6.26 Å². The molecule has 0 aliphatic carbocycles. The van der Waals surface area contributed by atoms with E-state index in [-0.39, 0.29) is 0 Å². The van der Waals surface area contributed by atoms with E-state index < -0.39 is 5.79 Å². The topological polar surface area (TPSA) is 55.5 Å². The molecule has 0 spiro atoms. The van der Waals surface area contributed by atoms with Crippen LogP contribution in [-0.2, 0) is 11.2 Å². The van der Waals surface area contributed by atoms with Crippen LogP contribution in [0.25, 0.3) is 0 Å². The number of aryl methyl sites for hydroxylation is 1. The minimum atomic E-state index is -0.933. The second kappa shape index (κ2) is 4.11. The third kappa shape index (κ3) is 2.33. The Morgan fingerprint density at radius 3 is 3.07 bits per heavy atom. The zero-order valence-corrected chi connectivity index (χ0v) is 8.11. The molecule has 0 bridgehead atoms. The predicted molar refractivity (Wildman–Crippen MR) is 49.6 cm³/mol. The fourth-order valence-electron chi connectivity index (χ4n) is 1.72. The first-order chi connectivity index (χ1) is 6.79. The lowest BCUT2D eigenvalue weighted by Crippen LogP contribution is -2.36. The fourth-order valence-corrected chi connectivity index (χ4v) is 1.72. The third-order valence-electron chi connectivity index (χ3n) is 2.60. The largest absolute Gasteiger partial charge is 0.365 e. The van der Waals surface area contributed by atoms with Crippen molar-refractivity contribution >= 4 is 0 Å². The van der Waals surface area contributed by atoms with Gasteiger partial charge in [-0.1, -0.05) is 5.16 Å². The van der Waals surface area contributed by atoms with Gasteiger partial charge in [-0.05, 0) is 19.3 Å². The van der Waals surface area contributed by atoms with Crippen molar-refractivity contribution in [1.82, 2.24) is 5.16 Å². The van der Waals surface area contributed by atoms with Gasteiger partial charge in [0.2, 0.25) is 0 Å². The van der Waals surface area contributed by atoms with Crippen molar-refractivity contribution in [3.8, 4) is 0 Å². The molecule has 0 aromatic carbocycles. The Bertz CT molecular complexity index is 265. The molecular weight excluding hydrogens is 182 g/mol. The van der Waals surface area contributed by atoms with Crippen molar-refractivity contribution in [2.75, 3.05) is 6.61 Å². The molecule has 4 heteroatoms. The normalized spacial score (nSPS) is 27.8. The molecule has 78 valence electrons. The van der Waals surface area contributed by atoms with Crippen molar-refractivity contribution in [2.45, 2.75) is 37.9 Å². The maximum absolute atomic E-state index is 9.99. The average Bonchev–Trinajstić information content (AvgIpc) is 2.69. The highest BCUT2D eigenvalue weighted by molar-refractivity contribution is 4.96. The standard InChI is InChI=1S/C10H15NO3/c12-10(5-1-2-7-13-10)6-3-9-4-8-14-11-9/h4,8,12H,1-3,5-7H2. The third-order valence-corrected chi connectivity index (χ3v) is 2.60. The van der Waals surface area contributed by atoms with Crippen molar-refractivity contribution in [2.24, 2.45) is 0 Å². The molecule has 0 radical (unpaired) electrons. The second-order valence-corrected chi connectivity index (χ2v) is 3.74. The smallest absolute Gasteiger partial charge is 0.165 e. The number of nitrogens with zero attached hydrogens (tertiary/aromatic N) is 1. The summed E-state index contributed by atoms with van der Waals surface area (Å²) in [5, 5.41) is 13.8. The predicted octanol–water partition coefficient (Wildman–Crippen LogP) is 1.50. The minimum absolute atomic E-state index is 0.597. The van der Waals surface area contributed by atoms with E-state index in [0.29, 0.717) is 19.4 Å². The molecule has 0 saturated carbocycles. The summed E-state index contributed by atoms with van der Waals surface area (Å²) in [6.07, 6.45) is 5.65. The summed E-state index contributed by atoms with van der Waals surface area (Å²) in [6, 6.07) is 1.81. The van der Waals surface area contributed by atoms with E-state index in [4.69, 9.17) is 9.26 Å². The van der Waals surface area contributed by atoms with Gasteiger partial charge in [-0.2, -0.15) is 0 Å². The first-order valence-corrected chi connectivity index (χ1v) is 5.04. The van der Waals surface area contributed by atoms with Crippen molar-refractivity contribution in [3.05, 3.63) is 18.0 Å². The number of hydrogen-bond acceptors (Lipinski definition) is 4. The Balaban J connectivity index is 1.84. The molecule has 1 saturated heterocycles. The van der Waals surface area contributed by atoms with Crippen molar-refractivity contribution in [3.63, 3.8) is 0 Å². The van der Waals surface area contributed by atoms with Crippen LogP contribution in [0.4, 0.5) is 0 Å². The number of ether oxygens (including phenoxy) is 1. The number of hydrogen-bond donors (Lipinski definition) is 1. The van der Waals surface area contributed by atoms with E-state index >= 15 is 0 Å². The van der Waals surface area contributed by atoms with Crippen LogP contribution in [0.1, 0.15) is 31.4 Å². The van der Waals surface area contributed by atoms with Crippen LogP contribution in [0, 0.1) is 0 Å². The Morgan fingerprint density at radius 1 is 1.50 bits per heavy atom. The molecule has 1 fully saturated rings. The van der Waals surface area contributed by atoms with Gasteiger partial charge in [0.05, 0.1) is 12.3 Å². The van der Waals surface area contributed by atoms with Gasteiger partial charge in [-0.25, -0.2) is 0 Å². The zero-order valence-electron chi connectivity index (χ0n) is 8.11. The summed E-state index contributed by atoms with van der Waals surface area (Å²) >= 11 is 0. The van der Waals surface area contributed by atoms with E-state index in [2.05, 4.69) is 5.16 Å². The quantitative estimate of drug-likeness (QED) is 0.797. The van der Waals surface area contributed by atoms with Gasteiger partial charge >= 0.3 is 0 Å². The van der Waals surface area contributed by atoms with Gasteiger partial charge in [-0.15, -0.1) is 0 Å².